The zero-order valence-electron chi connectivity index (χ0n) is 11.0. The van der Waals surface area contributed by atoms with E-state index in [0.717, 1.165) is 28.9 Å². The lowest BCUT2D eigenvalue weighted by Gasteiger charge is -2.13. The first-order valence-corrected chi connectivity index (χ1v) is 6.01. The summed E-state index contributed by atoms with van der Waals surface area (Å²) in [5, 5.41) is 0. The second-order valence-corrected chi connectivity index (χ2v) is 4.16. The Labute approximate surface area is 112 Å². The first-order chi connectivity index (χ1) is 9.28. The summed E-state index contributed by atoms with van der Waals surface area (Å²) in [6.07, 6.45) is 0.941. The fourth-order valence-corrected chi connectivity index (χ4v) is 2.00. The molecule has 3 nitrogen and oxygen atoms in total. The molecule has 2 aromatic rings. The molecule has 0 aliphatic heterocycles. The molecule has 0 saturated carbocycles. The van der Waals surface area contributed by atoms with Crippen LogP contribution in [0, 0.1) is 0 Å². The Bertz CT molecular complexity index is 546. The largest absolute Gasteiger partial charge is 0.497 e. The minimum Gasteiger partial charge on any atom is -0.497 e. The third-order valence-electron chi connectivity index (χ3n) is 3.06. The average molecular weight is 256 g/mol. The van der Waals surface area contributed by atoms with E-state index in [1.165, 1.54) is 0 Å². The number of carbonyl (C=O) groups excluding carboxylic acids is 1. The maximum absolute atomic E-state index is 11.4. The van der Waals surface area contributed by atoms with Crippen LogP contribution in [0.2, 0.25) is 0 Å². The van der Waals surface area contributed by atoms with Crippen LogP contribution in [0.4, 0.5) is 0 Å². The van der Waals surface area contributed by atoms with E-state index in [-0.39, 0.29) is 5.92 Å². The number of rotatable bonds is 5. The van der Waals surface area contributed by atoms with Gasteiger partial charge in [0, 0.05) is 0 Å². The maximum Gasteiger partial charge on any atom is 0.131 e. The van der Waals surface area contributed by atoms with Crippen molar-refractivity contribution in [1.82, 2.24) is 0 Å². The van der Waals surface area contributed by atoms with E-state index in [0.29, 0.717) is 0 Å². The van der Waals surface area contributed by atoms with Crippen molar-refractivity contribution in [3.05, 3.63) is 59.7 Å². The van der Waals surface area contributed by atoms with Crippen LogP contribution in [0.1, 0.15) is 17.0 Å². The SMILES string of the molecule is COc1ccc(C(C=O)c2cccc(OC)c2)cc1. The summed E-state index contributed by atoms with van der Waals surface area (Å²) in [4.78, 5) is 11.4. The van der Waals surface area contributed by atoms with Crippen LogP contribution < -0.4 is 9.47 Å². The molecule has 2 rings (SSSR count). The normalized spacial score (nSPS) is 11.7. The molecule has 0 aliphatic carbocycles. The molecule has 0 amide bonds. The summed E-state index contributed by atoms with van der Waals surface area (Å²) in [6, 6.07) is 15.1. The third kappa shape index (κ3) is 2.94. The Kier molecular flexibility index (Phi) is 4.18. The Morgan fingerprint density at radius 3 is 2.16 bits per heavy atom. The molecule has 3 heteroatoms. The summed E-state index contributed by atoms with van der Waals surface area (Å²) in [5.74, 6) is 1.23. The minimum atomic E-state index is -0.291. The Hall–Kier alpha value is -2.29. The molecule has 0 bridgehead atoms. The van der Waals surface area contributed by atoms with Gasteiger partial charge in [-0.1, -0.05) is 24.3 Å². The van der Waals surface area contributed by atoms with Gasteiger partial charge in [0.05, 0.1) is 20.1 Å². The molecule has 2 aromatic carbocycles. The molecule has 0 fully saturated rings. The molecule has 98 valence electrons. The number of methoxy groups -OCH3 is 2. The number of hydrogen-bond donors (Lipinski definition) is 0. The number of hydrogen-bond acceptors (Lipinski definition) is 3. The zero-order chi connectivity index (χ0) is 13.7. The molecular formula is C16H16O3. The maximum atomic E-state index is 11.4. The number of aldehydes is 1. The van der Waals surface area contributed by atoms with Gasteiger partial charge in [-0.05, 0) is 35.4 Å². The molecule has 0 radical (unpaired) electrons. The molecule has 0 saturated heterocycles. The second kappa shape index (κ2) is 6.05. The topological polar surface area (TPSA) is 35.5 Å². The number of carbonyl (C=O) groups is 1. The molecule has 1 unspecified atom stereocenters. The zero-order valence-corrected chi connectivity index (χ0v) is 11.0. The van der Waals surface area contributed by atoms with Crippen LogP contribution in [0.15, 0.2) is 48.5 Å². The number of benzene rings is 2. The lowest BCUT2D eigenvalue weighted by atomic mass is 9.92. The van der Waals surface area contributed by atoms with Gasteiger partial charge in [0.25, 0.3) is 0 Å². The minimum absolute atomic E-state index is 0.291. The Balaban J connectivity index is 2.34. The predicted octanol–water partition coefficient (Wildman–Crippen LogP) is 3.03. The van der Waals surface area contributed by atoms with E-state index in [1.807, 2.05) is 48.5 Å². The van der Waals surface area contributed by atoms with Crippen molar-refractivity contribution in [2.75, 3.05) is 14.2 Å². The van der Waals surface area contributed by atoms with Gasteiger partial charge in [0.15, 0.2) is 0 Å². The highest BCUT2D eigenvalue weighted by molar-refractivity contribution is 5.68. The smallest absolute Gasteiger partial charge is 0.131 e. The van der Waals surface area contributed by atoms with Crippen molar-refractivity contribution in [3.8, 4) is 11.5 Å². The molecule has 1 atom stereocenters. The first-order valence-electron chi connectivity index (χ1n) is 6.01. The van der Waals surface area contributed by atoms with Gasteiger partial charge < -0.3 is 14.3 Å². The summed E-state index contributed by atoms with van der Waals surface area (Å²) in [7, 11) is 3.23. The highest BCUT2D eigenvalue weighted by atomic mass is 16.5. The molecule has 0 spiro atoms. The fraction of sp³-hybridized carbons (Fsp3) is 0.188. The van der Waals surface area contributed by atoms with E-state index < -0.39 is 0 Å². The summed E-state index contributed by atoms with van der Waals surface area (Å²) < 4.78 is 10.3. The van der Waals surface area contributed by atoms with E-state index in [9.17, 15) is 4.79 Å². The van der Waals surface area contributed by atoms with Crippen LogP contribution >= 0.6 is 0 Å². The van der Waals surface area contributed by atoms with Gasteiger partial charge in [-0.15, -0.1) is 0 Å². The van der Waals surface area contributed by atoms with Gasteiger partial charge in [-0.3, -0.25) is 0 Å². The van der Waals surface area contributed by atoms with Gasteiger partial charge in [0.1, 0.15) is 17.8 Å². The summed E-state index contributed by atoms with van der Waals surface area (Å²) in [5.41, 5.74) is 1.85. The van der Waals surface area contributed by atoms with Crippen LogP contribution in [0.5, 0.6) is 11.5 Å². The second-order valence-electron chi connectivity index (χ2n) is 4.16. The van der Waals surface area contributed by atoms with Crippen LogP contribution in [0.25, 0.3) is 0 Å². The van der Waals surface area contributed by atoms with Crippen molar-refractivity contribution in [2.24, 2.45) is 0 Å². The standard InChI is InChI=1S/C16H16O3/c1-18-14-8-6-12(7-9-14)16(11-17)13-4-3-5-15(10-13)19-2/h3-11,16H,1-2H3. The Morgan fingerprint density at radius 1 is 0.895 bits per heavy atom. The molecule has 0 aliphatic rings. The predicted molar refractivity (Wildman–Crippen MR) is 73.9 cm³/mol. The lowest BCUT2D eigenvalue weighted by Crippen LogP contribution is -2.02. The lowest BCUT2D eigenvalue weighted by molar-refractivity contribution is -0.108. The van der Waals surface area contributed by atoms with Crippen molar-refractivity contribution in [1.29, 1.82) is 0 Å². The van der Waals surface area contributed by atoms with E-state index in [4.69, 9.17) is 9.47 Å². The average Bonchev–Trinajstić information content (AvgIpc) is 2.49. The van der Waals surface area contributed by atoms with Crippen molar-refractivity contribution in [2.45, 2.75) is 5.92 Å². The van der Waals surface area contributed by atoms with Crippen molar-refractivity contribution in [3.63, 3.8) is 0 Å². The molecular weight excluding hydrogens is 240 g/mol. The highest BCUT2D eigenvalue weighted by Crippen LogP contribution is 2.26. The van der Waals surface area contributed by atoms with Crippen LogP contribution in [-0.4, -0.2) is 20.5 Å². The van der Waals surface area contributed by atoms with Crippen LogP contribution in [0.3, 0.4) is 0 Å². The number of ether oxygens (including phenoxy) is 2. The van der Waals surface area contributed by atoms with Gasteiger partial charge >= 0.3 is 0 Å². The first kappa shape index (κ1) is 13.1. The van der Waals surface area contributed by atoms with E-state index in [1.54, 1.807) is 14.2 Å². The van der Waals surface area contributed by atoms with E-state index >= 15 is 0 Å². The third-order valence-corrected chi connectivity index (χ3v) is 3.06. The molecule has 0 N–H and O–H groups in total. The van der Waals surface area contributed by atoms with Gasteiger partial charge in [-0.2, -0.15) is 0 Å². The van der Waals surface area contributed by atoms with Crippen molar-refractivity contribution < 1.29 is 14.3 Å². The molecule has 0 aromatic heterocycles. The van der Waals surface area contributed by atoms with Gasteiger partial charge in [0.2, 0.25) is 0 Å². The Morgan fingerprint density at radius 2 is 1.58 bits per heavy atom. The van der Waals surface area contributed by atoms with Gasteiger partial charge in [-0.25, -0.2) is 0 Å². The summed E-state index contributed by atoms with van der Waals surface area (Å²) in [6.45, 7) is 0. The highest BCUT2D eigenvalue weighted by Gasteiger charge is 2.13. The molecule has 19 heavy (non-hydrogen) atoms. The summed E-state index contributed by atoms with van der Waals surface area (Å²) >= 11 is 0. The van der Waals surface area contributed by atoms with Crippen molar-refractivity contribution >= 4 is 6.29 Å². The molecule has 0 heterocycles. The fourth-order valence-electron chi connectivity index (χ4n) is 2.00. The monoisotopic (exact) mass is 256 g/mol. The van der Waals surface area contributed by atoms with E-state index in [2.05, 4.69) is 0 Å². The van der Waals surface area contributed by atoms with Crippen LogP contribution in [-0.2, 0) is 4.79 Å². The quantitative estimate of drug-likeness (QED) is 0.771.